The van der Waals surface area contributed by atoms with Gasteiger partial charge < -0.3 is 9.73 Å². The summed E-state index contributed by atoms with van der Waals surface area (Å²) in [4.78, 5) is 20.7. The number of thioether (sulfide) groups is 1. The highest BCUT2D eigenvalue weighted by Gasteiger charge is 2.29. The summed E-state index contributed by atoms with van der Waals surface area (Å²) in [6.07, 6.45) is 3.92. The number of para-hydroxylation sites is 3. The van der Waals surface area contributed by atoms with Crippen LogP contribution in [-0.4, -0.2) is 41.2 Å². The highest BCUT2D eigenvalue weighted by atomic mass is 32.2. The number of piperidine rings is 1. The van der Waals surface area contributed by atoms with E-state index < -0.39 is 0 Å². The molecule has 2 heterocycles. The Morgan fingerprint density at radius 3 is 2.64 bits per heavy atom. The maximum atomic E-state index is 12.8. The number of carbonyl (C=O) groups excluding carboxylic acids is 1. The van der Waals surface area contributed by atoms with Crippen LogP contribution in [0.3, 0.4) is 0 Å². The van der Waals surface area contributed by atoms with Crippen LogP contribution in [0, 0.1) is 0 Å². The number of benzene rings is 2. The molecular formula is C22H25N3O2S. The first-order chi connectivity index (χ1) is 13.7. The maximum Gasteiger partial charge on any atom is 0.241 e. The Labute approximate surface area is 169 Å². The second kappa shape index (κ2) is 8.37. The predicted octanol–water partition coefficient (Wildman–Crippen LogP) is 4.76. The van der Waals surface area contributed by atoms with E-state index in [9.17, 15) is 4.79 Å². The molecule has 2 aromatic carbocycles. The second-order valence-corrected chi connectivity index (χ2v) is 8.04. The van der Waals surface area contributed by atoms with Crippen LogP contribution in [0.25, 0.3) is 11.1 Å². The lowest BCUT2D eigenvalue weighted by Gasteiger charge is -2.34. The number of aromatic nitrogens is 1. The quantitative estimate of drug-likeness (QED) is 0.632. The third-order valence-electron chi connectivity index (χ3n) is 5.48. The maximum absolute atomic E-state index is 12.8. The van der Waals surface area contributed by atoms with E-state index in [4.69, 9.17) is 4.42 Å². The number of rotatable bonds is 5. The van der Waals surface area contributed by atoms with Crippen LogP contribution in [0.5, 0.6) is 0 Å². The van der Waals surface area contributed by atoms with Gasteiger partial charge in [-0.15, -0.1) is 11.8 Å². The first-order valence-corrected chi connectivity index (χ1v) is 10.9. The van der Waals surface area contributed by atoms with Gasteiger partial charge in [0.2, 0.25) is 5.91 Å². The summed E-state index contributed by atoms with van der Waals surface area (Å²) in [5, 5.41) is 3.09. The van der Waals surface area contributed by atoms with Crippen LogP contribution in [-0.2, 0) is 4.79 Å². The Morgan fingerprint density at radius 1 is 1.18 bits per heavy atom. The topological polar surface area (TPSA) is 58.4 Å². The number of carbonyl (C=O) groups is 1. The average molecular weight is 396 g/mol. The molecule has 1 unspecified atom stereocenters. The zero-order valence-electron chi connectivity index (χ0n) is 16.2. The summed E-state index contributed by atoms with van der Waals surface area (Å²) in [7, 11) is 0. The van der Waals surface area contributed by atoms with E-state index in [0.717, 1.165) is 53.5 Å². The third kappa shape index (κ3) is 3.93. The van der Waals surface area contributed by atoms with Gasteiger partial charge in [0.25, 0.3) is 0 Å². The van der Waals surface area contributed by atoms with Crippen LogP contribution in [0.15, 0.2) is 57.8 Å². The number of likely N-dealkylation sites (tertiary alicyclic amines) is 1. The molecule has 0 radical (unpaired) electrons. The lowest BCUT2D eigenvalue weighted by Crippen LogP contribution is -2.45. The number of anilines is 1. The smallest absolute Gasteiger partial charge is 0.241 e. The minimum atomic E-state index is -0.167. The molecule has 1 saturated heterocycles. The summed E-state index contributed by atoms with van der Waals surface area (Å²) in [6.45, 7) is 3.71. The summed E-state index contributed by atoms with van der Waals surface area (Å²) < 4.78 is 5.94. The zero-order chi connectivity index (χ0) is 19.5. The molecule has 1 atom stereocenters. The van der Waals surface area contributed by atoms with Crippen molar-refractivity contribution in [2.75, 3.05) is 24.7 Å². The van der Waals surface area contributed by atoms with Gasteiger partial charge >= 0.3 is 0 Å². The van der Waals surface area contributed by atoms with Gasteiger partial charge in [-0.25, -0.2) is 4.98 Å². The minimum Gasteiger partial charge on any atom is -0.440 e. The Hall–Kier alpha value is -2.31. The van der Waals surface area contributed by atoms with E-state index in [-0.39, 0.29) is 11.9 Å². The molecule has 1 aliphatic heterocycles. The van der Waals surface area contributed by atoms with E-state index in [1.165, 1.54) is 0 Å². The lowest BCUT2D eigenvalue weighted by atomic mass is 9.95. The summed E-state index contributed by atoms with van der Waals surface area (Å²) >= 11 is 1.64. The first kappa shape index (κ1) is 19.0. The van der Waals surface area contributed by atoms with Gasteiger partial charge in [0.15, 0.2) is 11.5 Å². The first-order valence-electron chi connectivity index (χ1n) is 9.69. The number of nitrogens with zero attached hydrogens (tertiary/aromatic N) is 2. The Balaban J connectivity index is 1.36. The molecule has 1 aliphatic rings. The van der Waals surface area contributed by atoms with Crippen molar-refractivity contribution in [2.24, 2.45) is 0 Å². The minimum absolute atomic E-state index is 0.0433. The van der Waals surface area contributed by atoms with Crippen molar-refractivity contribution < 1.29 is 9.21 Å². The van der Waals surface area contributed by atoms with Gasteiger partial charge in [0.05, 0.1) is 11.7 Å². The van der Waals surface area contributed by atoms with E-state index in [1.807, 2.05) is 61.7 Å². The zero-order valence-corrected chi connectivity index (χ0v) is 17.0. The fourth-order valence-corrected chi connectivity index (χ4v) is 4.30. The number of fused-ring (bicyclic) bond motifs is 1. The van der Waals surface area contributed by atoms with Crippen LogP contribution in [0.4, 0.5) is 5.69 Å². The van der Waals surface area contributed by atoms with Crippen molar-refractivity contribution in [3.8, 4) is 0 Å². The molecule has 5 nitrogen and oxygen atoms in total. The van der Waals surface area contributed by atoms with Crippen LogP contribution < -0.4 is 5.32 Å². The standard InChI is InChI=1S/C22H25N3O2S/c1-15(21(26)23-18-8-4-6-10-20(18)28-2)25-13-11-16(12-14-25)22-24-17-7-3-5-9-19(17)27-22/h3-10,15-16H,11-14H2,1-2H3,(H,23,26). The number of nitrogens with one attached hydrogen (secondary N) is 1. The number of amides is 1. The van der Waals surface area contributed by atoms with Gasteiger partial charge in [-0.1, -0.05) is 24.3 Å². The normalized spacial score (nSPS) is 16.9. The number of oxazole rings is 1. The molecule has 0 saturated carbocycles. The van der Waals surface area contributed by atoms with Gasteiger partial charge in [-0.05, 0) is 63.4 Å². The highest BCUT2D eigenvalue weighted by Crippen LogP contribution is 2.31. The highest BCUT2D eigenvalue weighted by molar-refractivity contribution is 7.98. The van der Waals surface area contributed by atoms with Crippen molar-refractivity contribution in [1.29, 1.82) is 0 Å². The van der Waals surface area contributed by atoms with E-state index in [1.54, 1.807) is 11.8 Å². The lowest BCUT2D eigenvalue weighted by molar-refractivity contribution is -0.121. The Morgan fingerprint density at radius 2 is 1.89 bits per heavy atom. The summed E-state index contributed by atoms with van der Waals surface area (Å²) in [5.41, 5.74) is 2.65. The molecule has 146 valence electrons. The molecule has 0 aliphatic carbocycles. The van der Waals surface area contributed by atoms with E-state index in [2.05, 4.69) is 15.2 Å². The van der Waals surface area contributed by atoms with Crippen molar-refractivity contribution in [3.63, 3.8) is 0 Å². The fourth-order valence-electron chi connectivity index (χ4n) is 3.75. The van der Waals surface area contributed by atoms with Crippen LogP contribution in [0.1, 0.15) is 31.6 Å². The molecular weight excluding hydrogens is 370 g/mol. The monoisotopic (exact) mass is 395 g/mol. The average Bonchev–Trinajstić information content (AvgIpc) is 3.18. The Bertz CT molecular complexity index is 930. The molecule has 1 amide bonds. The molecule has 1 aromatic heterocycles. The summed E-state index contributed by atoms with van der Waals surface area (Å²) in [5.74, 6) is 1.18. The van der Waals surface area contributed by atoms with Crippen molar-refractivity contribution in [2.45, 2.75) is 36.6 Å². The van der Waals surface area contributed by atoms with Gasteiger partial charge in [0, 0.05) is 10.8 Å². The van der Waals surface area contributed by atoms with Crippen LogP contribution in [0.2, 0.25) is 0 Å². The molecule has 3 aromatic rings. The fraction of sp³-hybridized carbons (Fsp3) is 0.364. The van der Waals surface area contributed by atoms with Gasteiger partial charge in [0.1, 0.15) is 5.52 Å². The van der Waals surface area contributed by atoms with E-state index >= 15 is 0 Å². The summed E-state index contributed by atoms with van der Waals surface area (Å²) in [6, 6.07) is 15.6. The molecule has 1 fully saturated rings. The molecule has 0 bridgehead atoms. The number of hydrogen-bond acceptors (Lipinski definition) is 5. The number of hydrogen-bond donors (Lipinski definition) is 1. The van der Waals surface area contributed by atoms with Crippen molar-refractivity contribution >= 4 is 34.5 Å². The van der Waals surface area contributed by atoms with E-state index in [0.29, 0.717) is 5.92 Å². The predicted molar refractivity (Wildman–Crippen MR) is 114 cm³/mol. The second-order valence-electron chi connectivity index (χ2n) is 7.20. The SMILES string of the molecule is CSc1ccccc1NC(=O)C(C)N1CCC(c2nc3ccccc3o2)CC1. The molecule has 0 spiro atoms. The largest absolute Gasteiger partial charge is 0.440 e. The molecule has 28 heavy (non-hydrogen) atoms. The molecule has 4 rings (SSSR count). The Kier molecular flexibility index (Phi) is 5.69. The van der Waals surface area contributed by atoms with Crippen LogP contribution >= 0.6 is 11.8 Å². The van der Waals surface area contributed by atoms with Gasteiger partial charge in [-0.2, -0.15) is 0 Å². The van der Waals surface area contributed by atoms with Crippen molar-refractivity contribution in [1.82, 2.24) is 9.88 Å². The molecule has 1 N–H and O–H groups in total. The van der Waals surface area contributed by atoms with Crippen molar-refractivity contribution in [3.05, 3.63) is 54.4 Å². The van der Waals surface area contributed by atoms with Gasteiger partial charge in [-0.3, -0.25) is 9.69 Å². The third-order valence-corrected chi connectivity index (χ3v) is 6.28. The molecule has 6 heteroatoms.